The molecule has 124 valence electrons. The third kappa shape index (κ3) is 3.14. The molecule has 2 aromatic heterocycles. The number of aryl methyl sites for hydroxylation is 3. The van der Waals surface area contributed by atoms with Crippen LogP contribution in [-0.2, 0) is 17.7 Å². The number of hydrogen-bond donors (Lipinski definition) is 0. The molecule has 0 radical (unpaired) electrons. The second-order valence-electron chi connectivity index (χ2n) is 5.73. The zero-order valence-electron chi connectivity index (χ0n) is 13.8. The van der Waals surface area contributed by atoms with E-state index in [0.29, 0.717) is 25.7 Å². The highest BCUT2D eigenvalue weighted by atomic mass is 16.5. The van der Waals surface area contributed by atoms with Gasteiger partial charge in [-0.25, -0.2) is 4.98 Å². The first-order valence-corrected chi connectivity index (χ1v) is 7.95. The molecule has 0 aliphatic carbocycles. The predicted octanol–water partition coefficient (Wildman–Crippen LogP) is 1.30. The van der Waals surface area contributed by atoms with Crippen molar-refractivity contribution in [2.24, 2.45) is 0 Å². The second-order valence-corrected chi connectivity index (χ2v) is 5.73. The van der Waals surface area contributed by atoms with Crippen molar-refractivity contribution in [2.45, 2.75) is 33.7 Å². The van der Waals surface area contributed by atoms with Crippen LogP contribution in [0, 0.1) is 13.8 Å². The number of hydrogen-bond acceptors (Lipinski definition) is 6. The van der Waals surface area contributed by atoms with Crippen LogP contribution >= 0.6 is 0 Å². The maximum Gasteiger partial charge on any atom is 0.255 e. The van der Waals surface area contributed by atoms with Crippen LogP contribution in [0.2, 0.25) is 0 Å². The Hall–Kier alpha value is -2.15. The van der Waals surface area contributed by atoms with Crippen LogP contribution in [0.25, 0.3) is 0 Å². The lowest BCUT2D eigenvalue weighted by atomic mass is 10.2. The van der Waals surface area contributed by atoms with E-state index in [1.54, 1.807) is 10.6 Å². The van der Waals surface area contributed by atoms with E-state index in [1.165, 1.54) is 0 Å². The molecular weight excluding hydrogens is 296 g/mol. The van der Waals surface area contributed by atoms with Crippen molar-refractivity contribution < 1.29 is 9.26 Å². The number of rotatable bonds is 4. The number of morpholine rings is 1. The van der Waals surface area contributed by atoms with Crippen molar-refractivity contribution in [1.29, 1.82) is 0 Å². The molecule has 7 heteroatoms. The Bertz CT molecular complexity index is 725. The minimum absolute atomic E-state index is 0.0432. The summed E-state index contributed by atoms with van der Waals surface area (Å²) in [5, 5.41) is 3.97. The summed E-state index contributed by atoms with van der Waals surface area (Å²) in [5.41, 5.74) is 2.51. The fourth-order valence-corrected chi connectivity index (χ4v) is 2.76. The van der Waals surface area contributed by atoms with Gasteiger partial charge in [-0.3, -0.25) is 9.36 Å². The van der Waals surface area contributed by atoms with Gasteiger partial charge < -0.3 is 14.2 Å². The molecule has 0 saturated carbocycles. The maximum atomic E-state index is 12.6. The van der Waals surface area contributed by atoms with Gasteiger partial charge in [-0.15, -0.1) is 0 Å². The molecule has 23 heavy (non-hydrogen) atoms. The van der Waals surface area contributed by atoms with Gasteiger partial charge in [0.2, 0.25) is 5.95 Å². The lowest BCUT2D eigenvalue weighted by Gasteiger charge is -2.30. The van der Waals surface area contributed by atoms with Gasteiger partial charge in [0.1, 0.15) is 5.76 Å². The molecule has 0 bridgehead atoms. The fourth-order valence-electron chi connectivity index (χ4n) is 2.76. The average molecular weight is 318 g/mol. The van der Waals surface area contributed by atoms with Crippen LogP contribution in [0.1, 0.15) is 29.6 Å². The van der Waals surface area contributed by atoms with Gasteiger partial charge in [0, 0.05) is 30.4 Å². The van der Waals surface area contributed by atoms with Crippen molar-refractivity contribution in [2.75, 3.05) is 31.2 Å². The first kappa shape index (κ1) is 15.7. The van der Waals surface area contributed by atoms with Gasteiger partial charge in [-0.1, -0.05) is 12.1 Å². The first-order valence-electron chi connectivity index (χ1n) is 7.95. The van der Waals surface area contributed by atoms with Gasteiger partial charge >= 0.3 is 0 Å². The minimum atomic E-state index is -0.0432. The van der Waals surface area contributed by atoms with Gasteiger partial charge in [0.15, 0.2) is 0 Å². The minimum Gasteiger partial charge on any atom is -0.378 e. The molecule has 7 nitrogen and oxygen atoms in total. The molecule has 1 aliphatic heterocycles. The topological polar surface area (TPSA) is 73.4 Å². The highest BCUT2D eigenvalue weighted by Gasteiger charge is 2.20. The first-order chi connectivity index (χ1) is 11.1. The smallest absolute Gasteiger partial charge is 0.255 e. The normalized spacial score (nSPS) is 15.2. The summed E-state index contributed by atoms with van der Waals surface area (Å²) in [5.74, 6) is 1.44. The van der Waals surface area contributed by atoms with Crippen LogP contribution in [-0.4, -0.2) is 41.0 Å². The maximum absolute atomic E-state index is 12.6. The zero-order valence-corrected chi connectivity index (χ0v) is 13.8. The Morgan fingerprint density at radius 2 is 2.00 bits per heavy atom. The summed E-state index contributed by atoms with van der Waals surface area (Å²) >= 11 is 0. The number of aromatic nitrogens is 3. The lowest BCUT2D eigenvalue weighted by Crippen LogP contribution is -2.41. The molecule has 0 spiro atoms. The molecule has 0 N–H and O–H groups in total. The molecule has 3 heterocycles. The van der Waals surface area contributed by atoms with E-state index in [9.17, 15) is 4.79 Å². The highest BCUT2D eigenvalue weighted by Crippen LogP contribution is 2.18. The quantitative estimate of drug-likeness (QED) is 0.846. The summed E-state index contributed by atoms with van der Waals surface area (Å²) in [6, 6.07) is 1.61. The van der Waals surface area contributed by atoms with Crippen molar-refractivity contribution in [3.05, 3.63) is 39.1 Å². The van der Waals surface area contributed by atoms with Gasteiger partial charge in [-0.05, 0) is 20.3 Å². The number of nitrogens with zero attached hydrogens (tertiary/aromatic N) is 4. The van der Waals surface area contributed by atoms with Gasteiger partial charge in [0.25, 0.3) is 5.56 Å². The molecule has 0 unspecified atom stereocenters. The Morgan fingerprint density at radius 1 is 1.26 bits per heavy atom. The average Bonchev–Trinajstić information content (AvgIpc) is 2.88. The van der Waals surface area contributed by atoms with E-state index in [2.05, 4.69) is 10.1 Å². The zero-order chi connectivity index (χ0) is 16.4. The number of ether oxygens (including phenoxy) is 1. The Balaban J connectivity index is 2.05. The van der Waals surface area contributed by atoms with E-state index in [4.69, 9.17) is 14.2 Å². The van der Waals surface area contributed by atoms with E-state index < -0.39 is 0 Å². The van der Waals surface area contributed by atoms with Crippen LogP contribution in [0.15, 0.2) is 15.4 Å². The monoisotopic (exact) mass is 318 g/mol. The van der Waals surface area contributed by atoms with Crippen LogP contribution < -0.4 is 10.5 Å². The lowest BCUT2D eigenvalue weighted by molar-refractivity contribution is 0.121. The Morgan fingerprint density at radius 3 is 2.61 bits per heavy atom. The van der Waals surface area contributed by atoms with Crippen molar-refractivity contribution in [3.63, 3.8) is 0 Å². The Kier molecular flexibility index (Phi) is 4.47. The van der Waals surface area contributed by atoms with Crippen LogP contribution in [0.3, 0.4) is 0 Å². The summed E-state index contributed by atoms with van der Waals surface area (Å²) in [6.07, 6.45) is 0.735. The van der Waals surface area contributed by atoms with Crippen LogP contribution in [0.4, 0.5) is 5.95 Å². The Labute approximate surface area is 134 Å². The van der Waals surface area contributed by atoms with Crippen molar-refractivity contribution in [3.8, 4) is 0 Å². The second kappa shape index (κ2) is 6.54. The molecule has 1 fully saturated rings. The SMILES string of the molecule is CCc1cc(=O)n(Cc2c(C)noc2C)c(N2CCOCC2)n1. The van der Waals surface area contributed by atoms with Crippen molar-refractivity contribution in [1.82, 2.24) is 14.7 Å². The third-order valence-electron chi connectivity index (χ3n) is 4.19. The summed E-state index contributed by atoms with van der Waals surface area (Å²) in [6.45, 7) is 8.95. The number of anilines is 1. The van der Waals surface area contributed by atoms with E-state index in [0.717, 1.165) is 42.2 Å². The summed E-state index contributed by atoms with van der Waals surface area (Å²) < 4.78 is 12.3. The molecule has 1 saturated heterocycles. The molecule has 2 aromatic rings. The third-order valence-corrected chi connectivity index (χ3v) is 4.19. The van der Waals surface area contributed by atoms with Crippen molar-refractivity contribution >= 4 is 5.95 Å². The van der Waals surface area contributed by atoms with Crippen LogP contribution in [0.5, 0.6) is 0 Å². The molecule has 1 aliphatic rings. The standard InChI is InChI=1S/C16H22N4O3/c1-4-13-9-15(21)20(10-14-11(2)18-23-12(14)3)16(17-13)19-5-7-22-8-6-19/h9H,4-8,10H2,1-3H3. The molecule has 0 amide bonds. The summed E-state index contributed by atoms with van der Waals surface area (Å²) in [4.78, 5) is 19.4. The molecule has 3 rings (SSSR count). The van der Waals surface area contributed by atoms with Gasteiger partial charge in [-0.2, -0.15) is 0 Å². The molecule has 0 aromatic carbocycles. The van der Waals surface area contributed by atoms with E-state index in [-0.39, 0.29) is 5.56 Å². The summed E-state index contributed by atoms with van der Waals surface area (Å²) in [7, 11) is 0. The fraction of sp³-hybridized carbons (Fsp3) is 0.562. The van der Waals surface area contributed by atoms with E-state index in [1.807, 2.05) is 20.8 Å². The molecular formula is C16H22N4O3. The highest BCUT2D eigenvalue weighted by molar-refractivity contribution is 5.35. The largest absolute Gasteiger partial charge is 0.378 e. The predicted molar refractivity (Wildman–Crippen MR) is 86.0 cm³/mol. The van der Waals surface area contributed by atoms with E-state index >= 15 is 0 Å². The van der Waals surface area contributed by atoms with Gasteiger partial charge in [0.05, 0.1) is 25.5 Å². The molecule has 0 atom stereocenters.